The van der Waals surface area contributed by atoms with Gasteiger partial charge in [-0.05, 0) is 33.1 Å². The molecule has 0 spiro atoms. The lowest BCUT2D eigenvalue weighted by molar-refractivity contribution is -0.132. The fourth-order valence-corrected chi connectivity index (χ4v) is 3.63. The van der Waals surface area contributed by atoms with Crippen molar-refractivity contribution in [2.45, 2.75) is 45.6 Å². The van der Waals surface area contributed by atoms with Gasteiger partial charge in [0.1, 0.15) is 11.8 Å². The first kappa shape index (κ1) is 17.5. The van der Waals surface area contributed by atoms with E-state index in [2.05, 4.69) is 15.3 Å². The number of nitrogens with zero attached hydrogens (tertiary/aromatic N) is 4. The third kappa shape index (κ3) is 3.49. The number of aryl methyl sites for hydroxylation is 2. The molecule has 1 aliphatic heterocycles. The molecule has 0 radical (unpaired) electrons. The summed E-state index contributed by atoms with van der Waals surface area (Å²) in [5.41, 5.74) is 2.77. The van der Waals surface area contributed by atoms with Crippen LogP contribution in [0.1, 0.15) is 48.2 Å². The maximum atomic E-state index is 12.8. The Balaban J connectivity index is 1.46. The molecule has 1 amide bonds. The second kappa shape index (κ2) is 7.34. The summed E-state index contributed by atoms with van der Waals surface area (Å²) in [4.78, 5) is 19.2. The van der Waals surface area contributed by atoms with Gasteiger partial charge in [0.05, 0.1) is 5.69 Å². The average Bonchev–Trinajstić information content (AvgIpc) is 3.41. The largest absolute Gasteiger partial charge is 0.361 e. The molecule has 7 nitrogen and oxygen atoms in total. The zero-order chi connectivity index (χ0) is 18.8. The van der Waals surface area contributed by atoms with Gasteiger partial charge in [0.15, 0.2) is 0 Å². The molecule has 3 heterocycles. The highest BCUT2D eigenvalue weighted by molar-refractivity contribution is 5.77. The Morgan fingerprint density at radius 2 is 2.00 bits per heavy atom. The summed E-state index contributed by atoms with van der Waals surface area (Å²) in [6.07, 6.45) is 2.82. The molecule has 1 unspecified atom stereocenters. The first-order valence-corrected chi connectivity index (χ1v) is 9.23. The number of aromatic nitrogens is 3. The summed E-state index contributed by atoms with van der Waals surface area (Å²) in [5, 5.41) is 8.04. The summed E-state index contributed by atoms with van der Waals surface area (Å²) in [6.45, 7) is 4.49. The Kier molecular flexibility index (Phi) is 4.75. The Morgan fingerprint density at radius 3 is 2.74 bits per heavy atom. The van der Waals surface area contributed by atoms with E-state index >= 15 is 0 Å². The molecule has 2 aromatic heterocycles. The normalized spacial score (nSPS) is 16.8. The van der Waals surface area contributed by atoms with E-state index in [0.29, 0.717) is 31.1 Å². The topological polar surface area (TPSA) is 85.3 Å². The zero-order valence-electron chi connectivity index (χ0n) is 15.5. The molecule has 1 aromatic carbocycles. The summed E-state index contributed by atoms with van der Waals surface area (Å²) in [7, 11) is 0. The molecule has 1 aliphatic rings. The first-order chi connectivity index (χ1) is 13.1. The number of hydrogen-bond donors (Lipinski definition) is 0. The fourth-order valence-electron chi connectivity index (χ4n) is 3.63. The van der Waals surface area contributed by atoms with Crippen molar-refractivity contribution in [3.63, 3.8) is 0 Å². The van der Waals surface area contributed by atoms with Gasteiger partial charge in [0.2, 0.25) is 17.6 Å². The van der Waals surface area contributed by atoms with E-state index in [1.54, 1.807) is 0 Å². The minimum Gasteiger partial charge on any atom is -0.361 e. The molecule has 0 bridgehead atoms. The third-order valence-corrected chi connectivity index (χ3v) is 5.10. The van der Waals surface area contributed by atoms with E-state index in [0.717, 1.165) is 35.4 Å². The van der Waals surface area contributed by atoms with Crippen LogP contribution in [0.4, 0.5) is 0 Å². The number of carbonyl (C=O) groups is 1. The van der Waals surface area contributed by atoms with Crippen molar-refractivity contribution in [2.24, 2.45) is 0 Å². The van der Waals surface area contributed by atoms with Crippen molar-refractivity contribution in [2.75, 3.05) is 6.54 Å². The van der Waals surface area contributed by atoms with Crippen molar-refractivity contribution in [1.29, 1.82) is 0 Å². The van der Waals surface area contributed by atoms with Gasteiger partial charge < -0.3 is 13.9 Å². The smallest absolute Gasteiger partial charge is 0.249 e. The maximum Gasteiger partial charge on any atom is 0.249 e. The number of rotatable bonds is 5. The van der Waals surface area contributed by atoms with Crippen LogP contribution in [0.25, 0.3) is 11.4 Å². The van der Waals surface area contributed by atoms with Gasteiger partial charge >= 0.3 is 0 Å². The van der Waals surface area contributed by atoms with Gasteiger partial charge in [-0.15, -0.1) is 0 Å². The van der Waals surface area contributed by atoms with E-state index in [1.165, 1.54) is 0 Å². The SMILES string of the molecule is Cc1noc(C)c1CCC(=O)N1CCCC1c1nc(-c2ccccc2)no1. The van der Waals surface area contributed by atoms with Crippen molar-refractivity contribution in [1.82, 2.24) is 20.2 Å². The molecule has 27 heavy (non-hydrogen) atoms. The molecule has 0 N–H and O–H groups in total. The first-order valence-electron chi connectivity index (χ1n) is 9.23. The minimum atomic E-state index is -0.146. The van der Waals surface area contributed by atoms with Crippen LogP contribution in [-0.4, -0.2) is 32.6 Å². The highest BCUT2D eigenvalue weighted by atomic mass is 16.5. The lowest BCUT2D eigenvalue weighted by atomic mass is 10.1. The van der Waals surface area contributed by atoms with Crippen molar-refractivity contribution in [3.05, 3.63) is 53.2 Å². The quantitative estimate of drug-likeness (QED) is 0.685. The third-order valence-electron chi connectivity index (χ3n) is 5.10. The van der Waals surface area contributed by atoms with Gasteiger partial charge in [-0.3, -0.25) is 4.79 Å². The predicted molar refractivity (Wildman–Crippen MR) is 97.7 cm³/mol. The minimum absolute atomic E-state index is 0.0944. The number of hydrogen-bond acceptors (Lipinski definition) is 6. The number of likely N-dealkylation sites (tertiary alicyclic amines) is 1. The van der Waals surface area contributed by atoms with Gasteiger partial charge in [0, 0.05) is 24.1 Å². The highest BCUT2D eigenvalue weighted by Crippen LogP contribution is 2.32. The van der Waals surface area contributed by atoms with Crippen molar-refractivity contribution >= 4 is 5.91 Å². The van der Waals surface area contributed by atoms with Crippen molar-refractivity contribution in [3.8, 4) is 11.4 Å². The average molecular weight is 366 g/mol. The van der Waals surface area contributed by atoms with E-state index < -0.39 is 0 Å². The standard InChI is InChI=1S/C20H22N4O3/c1-13-16(14(2)26-22-13)10-11-18(25)24-12-6-9-17(24)20-21-19(23-27-20)15-7-4-3-5-8-15/h3-5,7-8,17H,6,9-12H2,1-2H3. The van der Waals surface area contributed by atoms with Crippen LogP contribution >= 0.6 is 0 Å². The maximum absolute atomic E-state index is 12.8. The van der Waals surface area contributed by atoms with E-state index in [9.17, 15) is 4.79 Å². The predicted octanol–water partition coefficient (Wildman–Crippen LogP) is 3.64. The molecule has 1 saturated heterocycles. The monoisotopic (exact) mass is 366 g/mol. The molecule has 3 aromatic rings. The van der Waals surface area contributed by atoms with Crippen LogP contribution in [0, 0.1) is 13.8 Å². The molecule has 0 saturated carbocycles. The molecule has 1 atom stereocenters. The molecule has 4 rings (SSSR count). The summed E-state index contributed by atoms with van der Waals surface area (Å²) >= 11 is 0. The Hall–Kier alpha value is -2.96. The van der Waals surface area contributed by atoms with Crippen LogP contribution in [0.2, 0.25) is 0 Å². The summed E-state index contributed by atoms with van der Waals surface area (Å²) in [5.74, 6) is 1.94. The van der Waals surface area contributed by atoms with Crippen LogP contribution < -0.4 is 0 Å². The lowest BCUT2D eigenvalue weighted by Gasteiger charge is -2.21. The van der Waals surface area contributed by atoms with Crippen LogP contribution in [-0.2, 0) is 11.2 Å². The number of benzene rings is 1. The highest BCUT2D eigenvalue weighted by Gasteiger charge is 2.34. The summed E-state index contributed by atoms with van der Waals surface area (Å²) in [6, 6.07) is 9.55. The van der Waals surface area contributed by atoms with E-state index in [-0.39, 0.29) is 11.9 Å². The molecular weight excluding hydrogens is 344 g/mol. The van der Waals surface area contributed by atoms with Gasteiger partial charge in [-0.1, -0.05) is 40.6 Å². The summed E-state index contributed by atoms with van der Waals surface area (Å²) < 4.78 is 10.7. The van der Waals surface area contributed by atoms with E-state index in [4.69, 9.17) is 9.05 Å². The van der Waals surface area contributed by atoms with Gasteiger partial charge in [-0.25, -0.2) is 0 Å². The fraction of sp³-hybridized carbons (Fsp3) is 0.400. The molecular formula is C20H22N4O3. The Bertz CT molecular complexity index is 912. The van der Waals surface area contributed by atoms with Crippen molar-refractivity contribution < 1.29 is 13.8 Å². The van der Waals surface area contributed by atoms with E-state index in [1.807, 2.05) is 49.1 Å². The lowest BCUT2D eigenvalue weighted by Crippen LogP contribution is -2.31. The Labute approximate surface area is 157 Å². The van der Waals surface area contributed by atoms with Crippen LogP contribution in [0.3, 0.4) is 0 Å². The second-order valence-electron chi connectivity index (χ2n) is 6.87. The molecule has 7 heteroatoms. The van der Waals surface area contributed by atoms with Gasteiger partial charge in [0.25, 0.3) is 0 Å². The second-order valence-corrected chi connectivity index (χ2v) is 6.87. The van der Waals surface area contributed by atoms with Crippen LogP contribution in [0.15, 0.2) is 39.4 Å². The number of carbonyl (C=O) groups excluding carboxylic acids is 1. The zero-order valence-corrected chi connectivity index (χ0v) is 15.5. The Morgan fingerprint density at radius 1 is 1.19 bits per heavy atom. The van der Waals surface area contributed by atoms with Crippen LogP contribution in [0.5, 0.6) is 0 Å². The molecule has 0 aliphatic carbocycles. The molecule has 140 valence electrons. The molecule has 1 fully saturated rings. The van der Waals surface area contributed by atoms with Gasteiger partial charge in [-0.2, -0.15) is 4.98 Å². The number of amides is 1.